The maximum Gasteiger partial charge on any atom is 0.147 e. The number of amidine groups is 1. The first kappa shape index (κ1) is 14.8. The molecule has 3 N–H and O–H groups in total. The summed E-state index contributed by atoms with van der Waals surface area (Å²) in [5.74, 6) is -0.407. The highest BCUT2D eigenvalue weighted by molar-refractivity contribution is 5.95. The second kappa shape index (κ2) is 5.40. The highest BCUT2D eigenvalue weighted by atomic mass is 19.1. The standard InChI is InChI=1S/C15H23FN4/c1-15(2,3)20-8-6-19(7-9-20)13-5-4-11(14(17)18)10-12(13)16/h4-5,10H,6-9H2,1-3H3,(H3,17,18). The van der Waals surface area contributed by atoms with E-state index in [9.17, 15) is 4.39 Å². The predicted molar refractivity (Wildman–Crippen MR) is 81.0 cm³/mol. The SMILES string of the molecule is CC(C)(C)N1CCN(c2ccc(C(=N)N)cc2F)CC1. The fourth-order valence-corrected chi connectivity index (χ4v) is 2.55. The quantitative estimate of drug-likeness (QED) is 0.643. The minimum Gasteiger partial charge on any atom is -0.384 e. The van der Waals surface area contributed by atoms with E-state index < -0.39 is 0 Å². The van der Waals surface area contributed by atoms with Gasteiger partial charge in [-0.1, -0.05) is 0 Å². The van der Waals surface area contributed by atoms with Crippen LogP contribution in [0.4, 0.5) is 10.1 Å². The number of piperazine rings is 1. The van der Waals surface area contributed by atoms with Crippen molar-refractivity contribution in [2.45, 2.75) is 26.3 Å². The highest BCUT2D eigenvalue weighted by Gasteiger charge is 2.26. The molecule has 5 heteroatoms. The molecule has 0 aromatic heterocycles. The molecular formula is C15H23FN4. The van der Waals surface area contributed by atoms with E-state index >= 15 is 0 Å². The van der Waals surface area contributed by atoms with Gasteiger partial charge in [0, 0.05) is 37.3 Å². The largest absolute Gasteiger partial charge is 0.384 e. The van der Waals surface area contributed by atoms with Gasteiger partial charge in [0.25, 0.3) is 0 Å². The second-order valence-corrected chi connectivity index (χ2v) is 6.22. The molecule has 1 heterocycles. The summed E-state index contributed by atoms with van der Waals surface area (Å²) < 4.78 is 14.1. The van der Waals surface area contributed by atoms with Crippen molar-refractivity contribution < 1.29 is 4.39 Å². The van der Waals surface area contributed by atoms with E-state index in [1.807, 2.05) is 0 Å². The van der Waals surface area contributed by atoms with E-state index in [1.165, 1.54) is 6.07 Å². The van der Waals surface area contributed by atoms with Gasteiger partial charge in [-0.2, -0.15) is 0 Å². The van der Waals surface area contributed by atoms with Gasteiger partial charge in [0.05, 0.1) is 5.69 Å². The summed E-state index contributed by atoms with van der Waals surface area (Å²) in [5.41, 5.74) is 6.56. The summed E-state index contributed by atoms with van der Waals surface area (Å²) in [4.78, 5) is 4.47. The summed E-state index contributed by atoms with van der Waals surface area (Å²) in [7, 11) is 0. The zero-order valence-corrected chi connectivity index (χ0v) is 12.4. The van der Waals surface area contributed by atoms with Crippen molar-refractivity contribution in [3.63, 3.8) is 0 Å². The summed E-state index contributed by atoms with van der Waals surface area (Å²) in [6.07, 6.45) is 0. The number of nitrogen functional groups attached to an aromatic ring is 1. The number of nitrogens with zero attached hydrogens (tertiary/aromatic N) is 2. The van der Waals surface area contributed by atoms with Crippen LogP contribution in [-0.2, 0) is 0 Å². The Hall–Kier alpha value is -1.62. The molecule has 1 aliphatic rings. The number of benzene rings is 1. The van der Waals surface area contributed by atoms with Gasteiger partial charge < -0.3 is 10.6 Å². The van der Waals surface area contributed by atoms with Crippen LogP contribution in [0.5, 0.6) is 0 Å². The number of anilines is 1. The molecule has 0 radical (unpaired) electrons. The first-order valence-electron chi connectivity index (χ1n) is 6.93. The lowest BCUT2D eigenvalue weighted by atomic mass is 10.0. The lowest BCUT2D eigenvalue weighted by Crippen LogP contribution is -2.53. The van der Waals surface area contributed by atoms with Gasteiger partial charge in [-0.25, -0.2) is 4.39 Å². The topological polar surface area (TPSA) is 56.4 Å². The molecule has 0 atom stereocenters. The van der Waals surface area contributed by atoms with Gasteiger partial charge in [-0.15, -0.1) is 0 Å². The molecule has 1 aromatic carbocycles. The molecule has 110 valence electrons. The van der Waals surface area contributed by atoms with Crippen LogP contribution >= 0.6 is 0 Å². The molecule has 4 nitrogen and oxygen atoms in total. The lowest BCUT2D eigenvalue weighted by molar-refractivity contribution is 0.128. The minimum absolute atomic E-state index is 0.104. The van der Waals surface area contributed by atoms with Crippen molar-refractivity contribution in [2.75, 3.05) is 31.1 Å². The molecule has 0 amide bonds. The van der Waals surface area contributed by atoms with Crippen LogP contribution in [0.2, 0.25) is 0 Å². The van der Waals surface area contributed by atoms with Crippen LogP contribution in [0, 0.1) is 11.2 Å². The number of nitrogens with one attached hydrogen (secondary N) is 1. The van der Waals surface area contributed by atoms with E-state index in [1.54, 1.807) is 12.1 Å². The van der Waals surface area contributed by atoms with Crippen LogP contribution in [0.15, 0.2) is 18.2 Å². The van der Waals surface area contributed by atoms with Crippen LogP contribution in [0.3, 0.4) is 0 Å². The van der Waals surface area contributed by atoms with E-state index in [2.05, 4.69) is 30.6 Å². The summed E-state index contributed by atoms with van der Waals surface area (Å²) >= 11 is 0. The van der Waals surface area contributed by atoms with Gasteiger partial charge in [-0.3, -0.25) is 10.3 Å². The van der Waals surface area contributed by atoms with Crippen LogP contribution in [0.25, 0.3) is 0 Å². The number of hydrogen-bond donors (Lipinski definition) is 2. The molecule has 1 fully saturated rings. The first-order valence-corrected chi connectivity index (χ1v) is 6.93. The predicted octanol–water partition coefficient (Wildman–Crippen LogP) is 2.03. The normalized spacial score (nSPS) is 17.3. The molecule has 1 aromatic rings. The fraction of sp³-hybridized carbons (Fsp3) is 0.533. The van der Waals surface area contributed by atoms with E-state index in [0.717, 1.165) is 26.2 Å². The average Bonchev–Trinajstić information content (AvgIpc) is 2.37. The summed E-state index contributed by atoms with van der Waals surface area (Å²) in [6, 6.07) is 4.77. The molecule has 1 saturated heterocycles. The Morgan fingerprint density at radius 2 is 1.80 bits per heavy atom. The van der Waals surface area contributed by atoms with Gasteiger partial charge >= 0.3 is 0 Å². The third-order valence-electron chi connectivity index (χ3n) is 3.83. The molecule has 0 saturated carbocycles. The molecule has 2 rings (SSSR count). The smallest absolute Gasteiger partial charge is 0.147 e. The van der Waals surface area contributed by atoms with Crippen molar-refractivity contribution in [3.05, 3.63) is 29.6 Å². The average molecular weight is 278 g/mol. The Kier molecular flexibility index (Phi) is 3.99. The molecule has 0 bridgehead atoms. The fourth-order valence-electron chi connectivity index (χ4n) is 2.55. The zero-order valence-electron chi connectivity index (χ0n) is 12.4. The van der Waals surface area contributed by atoms with Crippen LogP contribution < -0.4 is 10.6 Å². The monoisotopic (exact) mass is 278 g/mol. The first-order chi connectivity index (χ1) is 9.29. The van der Waals surface area contributed by atoms with Crippen molar-refractivity contribution >= 4 is 11.5 Å². The van der Waals surface area contributed by atoms with Gasteiger partial charge in [0.1, 0.15) is 11.7 Å². The Bertz CT molecular complexity index is 499. The Labute approximate surface area is 119 Å². The Balaban J connectivity index is 2.09. The lowest BCUT2D eigenvalue weighted by Gasteiger charge is -2.43. The number of rotatable bonds is 2. The Morgan fingerprint density at radius 1 is 1.20 bits per heavy atom. The van der Waals surface area contributed by atoms with Gasteiger partial charge in [-0.05, 0) is 39.0 Å². The van der Waals surface area contributed by atoms with Crippen LogP contribution in [0.1, 0.15) is 26.3 Å². The number of nitrogens with two attached hydrogens (primary N) is 1. The molecule has 0 spiro atoms. The van der Waals surface area contributed by atoms with Crippen molar-refractivity contribution in [1.82, 2.24) is 4.90 Å². The van der Waals surface area contributed by atoms with E-state index in [-0.39, 0.29) is 17.2 Å². The maximum atomic E-state index is 14.1. The van der Waals surface area contributed by atoms with E-state index in [4.69, 9.17) is 11.1 Å². The zero-order chi connectivity index (χ0) is 14.9. The molecule has 1 aliphatic heterocycles. The molecule has 20 heavy (non-hydrogen) atoms. The maximum absolute atomic E-state index is 14.1. The third kappa shape index (κ3) is 3.10. The van der Waals surface area contributed by atoms with E-state index in [0.29, 0.717) is 11.3 Å². The summed E-state index contributed by atoms with van der Waals surface area (Å²) in [6.45, 7) is 10.1. The molecular weight excluding hydrogens is 255 g/mol. The highest BCUT2D eigenvalue weighted by Crippen LogP contribution is 2.24. The van der Waals surface area contributed by atoms with Gasteiger partial charge in [0.2, 0.25) is 0 Å². The molecule has 0 unspecified atom stereocenters. The number of hydrogen-bond acceptors (Lipinski definition) is 3. The third-order valence-corrected chi connectivity index (χ3v) is 3.83. The minimum atomic E-state index is -0.304. The van der Waals surface area contributed by atoms with Crippen molar-refractivity contribution in [3.8, 4) is 0 Å². The second-order valence-electron chi connectivity index (χ2n) is 6.22. The molecule has 0 aliphatic carbocycles. The number of halogens is 1. The summed E-state index contributed by atoms with van der Waals surface area (Å²) in [5, 5.41) is 7.33. The Morgan fingerprint density at radius 3 is 2.25 bits per heavy atom. The van der Waals surface area contributed by atoms with Crippen molar-refractivity contribution in [1.29, 1.82) is 5.41 Å². The van der Waals surface area contributed by atoms with Gasteiger partial charge in [0.15, 0.2) is 0 Å². The van der Waals surface area contributed by atoms with Crippen LogP contribution in [-0.4, -0.2) is 42.5 Å². The van der Waals surface area contributed by atoms with Crippen molar-refractivity contribution in [2.24, 2.45) is 5.73 Å².